The van der Waals surface area contributed by atoms with Gasteiger partial charge in [-0.2, -0.15) is 0 Å². The maximum Gasteiger partial charge on any atom is 0.497 e. The van der Waals surface area contributed by atoms with Crippen LogP contribution in [0.3, 0.4) is 0 Å². The standard InChI is InChI=1S/C30H28BNO3/c1-29(2)30(3,4)35-31(34-29)25-19-18-24-23-12-8-9-13-26(23)33-28(24)27(25)32-22-16-14-21(15-17-22)20-10-6-5-7-11-20/h5-19,32H,1-4H3. The van der Waals surface area contributed by atoms with Crippen LogP contribution in [0.15, 0.2) is 95.4 Å². The van der Waals surface area contributed by atoms with Crippen molar-refractivity contribution in [2.45, 2.75) is 38.9 Å². The number of anilines is 2. The molecule has 0 atom stereocenters. The molecule has 0 radical (unpaired) electrons. The molecular weight excluding hydrogens is 433 g/mol. The first kappa shape index (κ1) is 22.0. The molecular formula is C30H28BNO3. The first-order chi connectivity index (χ1) is 16.8. The minimum Gasteiger partial charge on any atom is -0.454 e. The number of hydrogen-bond donors (Lipinski definition) is 1. The summed E-state index contributed by atoms with van der Waals surface area (Å²) in [5.41, 5.74) is 5.90. The Morgan fingerprint density at radius 1 is 0.629 bits per heavy atom. The van der Waals surface area contributed by atoms with E-state index in [1.807, 2.05) is 24.3 Å². The van der Waals surface area contributed by atoms with Gasteiger partial charge in [-0.1, -0.05) is 72.8 Å². The van der Waals surface area contributed by atoms with Crippen molar-refractivity contribution < 1.29 is 13.7 Å². The number of rotatable bonds is 4. The van der Waals surface area contributed by atoms with Gasteiger partial charge < -0.3 is 19.0 Å². The van der Waals surface area contributed by atoms with Gasteiger partial charge in [0.1, 0.15) is 5.58 Å². The summed E-state index contributed by atoms with van der Waals surface area (Å²) < 4.78 is 19.2. The SMILES string of the molecule is CC1(C)OB(c2ccc3c(oc4ccccc43)c2Nc2ccc(-c3ccccc3)cc2)OC1(C)C. The van der Waals surface area contributed by atoms with Gasteiger partial charge in [-0.25, -0.2) is 0 Å². The zero-order valence-electron chi connectivity index (χ0n) is 20.5. The Kier molecular flexibility index (Phi) is 5.03. The predicted molar refractivity (Wildman–Crippen MR) is 145 cm³/mol. The molecule has 0 aliphatic carbocycles. The quantitative estimate of drug-likeness (QED) is 0.285. The van der Waals surface area contributed by atoms with Crippen molar-refractivity contribution in [3.05, 3.63) is 91.0 Å². The molecule has 1 fully saturated rings. The molecule has 0 saturated carbocycles. The number of benzene rings is 4. The lowest BCUT2D eigenvalue weighted by atomic mass is 9.77. The van der Waals surface area contributed by atoms with Gasteiger partial charge >= 0.3 is 7.12 Å². The predicted octanol–water partition coefficient (Wildman–Crippen LogP) is 7.30. The molecule has 1 aliphatic heterocycles. The molecule has 35 heavy (non-hydrogen) atoms. The van der Waals surface area contributed by atoms with Crippen LogP contribution in [-0.2, 0) is 9.31 Å². The molecule has 1 N–H and O–H groups in total. The van der Waals surface area contributed by atoms with Gasteiger partial charge in [0, 0.05) is 21.9 Å². The van der Waals surface area contributed by atoms with Gasteiger partial charge in [0.25, 0.3) is 0 Å². The van der Waals surface area contributed by atoms with Crippen molar-refractivity contribution in [2.75, 3.05) is 5.32 Å². The van der Waals surface area contributed by atoms with Gasteiger partial charge in [-0.3, -0.25) is 0 Å². The Balaban J connectivity index is 1.46. The molecule has 2 heterocycles. The van der Waals surface area contributed by atoms with Crippen molar-refractivity contribution in [3.8, 4) is 11.1 Å². The monoisotopic (exact) mass is 461 g/mol. The van der Waals surface area contributed by atoms with Gasteiger partial charge in [0.05, 0.1) is 16.9 Å². The highest BCUT2D eigenvalue weighted by atomic mass is 16.7. The van der Waals surface area contributed by atoms with E-state index in [4.69, 9.17) is 13.7 Å². The van der Waals surface area contributed by atoms with Crippen LogP contribution in [0.25, 0.3) is 33.1 Å². The maximum atomic E-state index is 6.42. The second-order valence-corrected chi connectivity index (χ2v) is 10.2. The van der Waals surface area contributed by atoms with E-state index >= 15 is 0 Å². The van der Waals surface area contributed by atoms with Gasteiger partial charge in [0.2, 0.25) is 0 Å². The summed E-state index contributed by atoms with van der Waals surface area (Å²) in [6.07, 6.45) is 0. The molecule has 1 saturated heterocycles. The maximum absolute atomic E-state index is 6.42. The van der Waals surface area contributed by atoms with Crippen molar-refractivity contribution in [1.29, 1.82) is 0 Å². The third-order valence-corrected chi connectivity index (χ3v) is 7.35. The minimum absolute atomic E-state index is 0.435. The zero-order chi connectivity index (χ0) is 24.2. The van der Waals surface area contributed by atoms with Crippen LogP contribution in [0.2, 0.25) is 0 Å². The third kappa shape index (κ3) is 3.72. The average Bonchev–Trinajstić information content (AvgIpc) is 3.33. The second-order valence-electron chi connectivity index (χ2n) is 10.2. The molecule has 5 aromatic rings. The van der Waals surface area contributed by atoms with Crippen molar-refractivity contribution in [2.24, 2.45) is 0 Å². The summed E-state index contributed by atoms with van der Waals surface area (Å²) in [6, 6.07) is 31.2. The Labute approximate surface area is 206 Å². The lowest BCUT2D eigenvalue weighted by molar-refractivity contribution is 0.00578. The van der Waals surface area contributed by atoms with Crippen LogP contribution in [0.1, 0.15) is 27.7 Å². The van der Waals surface area contributed by atoms with E-state index in [2.05, 4.69) is 99.7 Å². The average molecular weight is 461 g/mol. The van der Waals surface area contributed by atoms with E-state index in [-0.39, 0.29) is 0 Å². The largest absolute Gasteiger partial charge is 0.497 e. The number of hydrogen-bond acceptors (Lipinski definition) is 4. The molecule has 6 rings (SSSR count). The fourth-order valence-corrected chi connectivity index (χ4v) is 4.62. The Bertz CT molecular complexity index is 1500. The highest BCUT2D eigenvalue weighted by Crippen LogP contribution is 2.39. The van der Waals surface area contributed by atoms with Gasteiger partial charge in [-0.15, -0.1) is 0 Å². The van der Waals surface area contributed by atoms with E-state index in [0.29, 0.717) is 0 Å². The van der Waals surface area contributed by atoms with E-state index in [9.17, 15) is 0 Å². The Morgan fingerprint density at radius 2 is 1.26 bits per heavy atom. The van der Waals surface area contributed by atoms with E-state index < -0.39 is 18.3 Å². The first-order valence-electron chi connectivity index (χ1n) is 12.0. The summed E-state index contributed by atoms with van der Waals surface area (Å²) in [6.45, 7) is 8.29. The molecule has 4 nitrogen and oxygen atoms in total. The fourth-order valence-electron chi connectivity index (χ4n) is 4.62. The summed E-state index contributed by atoms with van der Waals surface area (Å²) in [4.78, 5) is 0. The molecule has 174 valence electrons. The summed E-state index contributed by atoms with van der Waals surface area (Å²) in [5, 5.41) is 5.78. The highest BCUT2D eigenvalue weighted by Gasteiger charge is 2.52. The van der Waals surface area contributed by atoms with E-state index in [1.54, 1.807) is 0 Å². The van der Waals surface area contributed by atoms with Crippen LogP contribution < -0.4 is 10.8 Å². The molecule has 1 aromatic heterocycles. The molecule has 4 aromatic carbocycles. The van der Waals surface area contributed by atoms with Gasteiger partial charge in [-0.05, 0) is 57.0 Å². The zero-order valence-corrected chi connectivity index (χ0v) is 20.5. The topological polar surface area (TPSA) is 43.6 Å². The van der Waals surface area contributed by atoms with E-state index in [0.717, 1.165) is 38.8 Å². The van der Waals surface area contributed by atoms with Crippen LogP contribution in [0.4, 0.5) is 11.4 Å². The Hall–Kier alpha value is -3.54. The minimum atomic E-state index is -0.510. The van der Waals surface area contributed by atoms with Crippen LogP contribution in [0.5, 0.6) is 0 Å². The number of para-hydroxylation sites is 1. The third-order valence-electron chi connectivity index (χ3n) is 7.35. The smallest absolute Gasteiger partial charge is 0.454 e. The summed E-state index contributed by atoms with van der Waals surface area (Å²) in [7, 11) is -0.510. The molecule has 0 unspecified atom stereocenters. The van der Waals surface area contributed by atoms with Crippen molar-refractivity contribution in [1.82, 2.24) is 0 Å². The lowest BCUT2D eigenvalue weighted by Crippen LogP contribution is -2.41. The summed E-state index contributed by atoms with van der Waals surface area (Å²) in [5.74, 6) is 0. The lowest BCUT2D eigenvalue weighted by Gasteiger charge is -2.32. The van der Waals surface area contributed by atoms with Crippen molar-refractivity contribution in [3.63, 3.8) is 0 Å². The molecule has 0 spiro atoms. The van der Waals surface area contributed by atoms with Crippen LogP contribution in [0, 0.1) is 0 Å². The normalized spacial score (nSPS) is 16.7. The highest BCUT2D eigenvalue weighted by molar-refractivity contribution is 6.64. The fraction of sp³-hybridized carbons (Fsp3) is 0.200. The van der Waals surface area contributed by atoms with Crippen LogP contribution in [-0.4, -0.2) is 18.3 Å². The number of furan rings is 1. The Morgan fingerprint density at radius 3 is 1.97 bits per heavy atom. The van der Waals surface area contributed by atoms with E-state index in [1.165, 1.54) is 11.1 Å². The molecule has 5 heteroatoms. The second kappa shape index (κ2) is 8.01. The molecule has 0 bridgehead atoms. The van der Waals surface area contributed by atoms with Crippen LogP contribution >= 0.6 is 0 Å². The number of nitrogens with one attached hydrogen (secondary N) is 1. The summed E-state index contributed by atoms with van der Waals surface area (Å²) >= 11 is 0. The number of fused-ring (bicyclic) bond motifs is 3. The molecule has 0 amide bonds. The molecule has 1 aliphatic rings. The van der Waals surface area contributed by atoms with Gasteiger partial charge in [0.15, 0.2) is 5.58 Å². The first-order valence-corrected chi connectivity index (χ1v) is 12.0. The van der Waals surface area contributed by atoms with Crippen molar-refractivity contribution >= 4 is 45.9 Å².